The summed E-state index contributed by atoms with van der Waals surface area (Å²) in [5.41, 5.74) is 3.53. The van der Waals surface area contributed by atoms with Crippen LogP contribution in [0.3, 0.4) is 0 Å². The van der Waals surface area contributed by atoms with Crippen LogP contribution in [-0.4, -0.2) is 14.6 Å². The molecule has 7 heteroatoms. The Hall–Kier alpha value is -2.15. The van der Waals surface area contributed by atoms with E-state index in [4.69, 9.17) is 15.8 Å². The zero-order valence-corrected chi connectivity index (χ0v) is 18.3. The number of benzene rings is 3. The van der Waals surface area contributed by atoms with E-state index in [9.17, 15) is 8.42 Å². The van der Waals surface area contributed by atoms with Gasteiger partial charge >= 0.3 is 10.1 Å². The second-order valence-electron chi connectivity index (χ2n) is 6.23. The molecule has 3 aromatic rings. The lowest BCUT2D eigenvalue weighted by Crippen LogP contribution is -2.10. The van der Waals surface area contributed by atoms with Crippen LogP contribution in [0, 0.1) is 13.8 Å². The zero-order valence-electron chi connectivity index (χ0n) is 15.2. The molecule has 0 saturated heterocycles. The van der Waals surface area contributed by atoms with E-state index in [1.807, 2.05) is 26.0 Å². The fourth-order valence-electron chi connectivity index (χ4n) is 2.40. The predicted molar refractivity (Wildman–Crippen MR) is 117 cm³/mol. The average Bonchev–Trinajstić information content (AvgIpc) is 2.65. The van der Waals surface area contributed by atoms with Gasteiger partial charge < -0.3 is 4.18 Å². The fourth-order valence-corrected chi connectivity index (χ4v) is 4.10. The van der Waals surface area contributed by atoms with E-state index < -0.39 is 10.1 Å². The summed E-state index contributed by atoms with van der Waals surface area (Å²) >= 11 is 9.37. The van der Waals surface area contributed by atoms with Crippen molar-refractivity contribution in [2.45, 2.75) is 18.7 Å². The molecule has 144 valence electrons. The average molecular weight is 479 g/mol. The summed E-state index contributed by atoms with van der Waals surface area (Å²) in [6, 6.07) is 17.0. The second-order valence-corrected chi connectivity index (χ2v) is 9.07. The van der Waals surface area contributed by atoms with Crippen molar-refractivity contribution in [3.8, 4) is 5.75 Å². The fraction of sp³-hybridized carbons (Fsp3) is 0.0952. The van der Waals surface area contributed by atoms with Gasteiger partial charge in [0.05, 0.1) is 10.2 Å². The molecule has 28 heavy (non-hydrogen) atoms. The third kappa shape index (κ3) is 5.01. The summed E-state index contributed by atoms with van der Waals surface area (Å²) in [5.74, 6) is 0.205. The van der Waals surface area contributed by atoms with Crippen molar-refractivity contribution in [2.24, 2.45) is 4.99 Å². The Balaban J connectivity index is 1.81. The molecule has 0 heterocycles. The molecule has 0 radical (unpaired) electrons. The molecule has 0 aliphatic heterocycles. The minimum Gasteiger partial charge on any atom is -0.378 e. The molecule has 3 rings (SSSR count). The molecule has 4 nitrogen and oxygen atoms in total. The van der Waals surface area contributed by atoms with Crippen LogP contribution in [0.1, 0.15) is 16.7 Å². The van der Waals surface area contributed by atoms with Crippen molar-refractivity contribution in [2.75, 3.05) is 0 Å². The van der Waals surface area contributed by atoms with Gasteiger partial charge in [0.2, 0.25) is 0 Å². The van der Waals surface area contributed by atoms with E-state index >= 15 is 0 Å². The molecular formula is C21H17BrClNO3S. The Morgan fingerprint density at radius 2 is 1.71 bits per heavy atom. The van der Waals surface area contributed by atoms with Gasteiger partial charge in [0.15, 0.2) is 5.75 Å². The first-order valence-corrected chi connectivity index (χ1v) is 10.9. The standard InChI is InChI=1S/C21H17BrClNO3S/c1-14-3-8-18(9-4-14)28(25,26)27-21-10-6-16(11-19(21)22)13-24-20-12-17(23)7-5-15(20)2/h3-13H,1-2H3. The Kier molecular flexibility index (Phi) is 6.23. The number of hydrogen-bond donors (Lipinski definition) is 0. The molecule has 0 aromatic heterocycles. The number of aliphatic imine (C=N–C) groups is 1. The van der Waals surface area contributed by atoms with Gasteiger partial charge in [-0.25, -0.2) is 0 Å². The van der Waals surface area contributed by atoms with Crippen molar-refractivity contribution in [3.05, 3.63) is 86.8 Å². The monoisotopic (exact) mass is 477 g/mol. The minimum absolute atomic E-state index is 0.104. The van der Waals surface area contributed by atoms with Crippen molar-refractivity contribution in [1.29, 1.82) is 0 Å². The molecule has 0 aliphatic carbocycles. The number of nitrogens with zero attached hydrogens (tertiary/aromatic N) is 1. The summed E-state index contributed by atoms with van der Waals surface area (Å²) in [6.07, 6.45) is 1.68. The van der Waals surface area contributed by atoms with Crippen molar-refractivity contribution >= 4 is 49.6 Å². The van der Waals surface area contributed by atoms with Crippen LogP contribution in [0.15, 0.2) is 75.0 Å². The topological polar surface area (TPSA) is 55.7 Å². The van der Waals surface area contributed by atoms with Gasteiger partial charge in [-0.3, -0.25) is 4.99 Å². The minimum atomic E-state index is -3.91. The quantitative estimate of drug-likeness (QED) is 0.322. The first kappa shape index (κ1) is 20.6. The maximum atomic E-state index is 12.4. The Morgan fingerprint density at radius 3 is 2.39 bits per heavy atom. The number of hydrogen-bond acceptors (Lipinski definition) is 4. The summed E-state index contributed by atoms with van der Waals surface area (Å²) in [6.45, 7) is 3.84. The van der Waals surface area contributed by atoms with E-state index in [2.05, 4.69) is 20.9 Å². The molecule has 0 N–H and O–H groups in total. The van der Waals surface area contributed by atoms with Gasteiger partial charge in [0, 0.05) is 11.2 Å². The lowest BCUT2D eigenvalue weighted by atomic mass is 10.2. The first-order valence-electron chi connectivity index (χ1n) is 8.35. The number of rotatable bonds is 5. The summed E-state index contributed by atoms with van der Waals surface area (Å²) in [4.78, 5) is 4.55. The Bertz CT molecular complexity index is 1140. The van der Waals surface area contributed by atoms with Crippen LogP contribution in [-0.2, 0) is 10.1 Å². The maximum absolute atomic E-state index is 12.4. The van der Waals surface area contributed by atoms with E-state index in [0.29, 0.717) is 9.50 Å². The van der Waals surface area contributed by atoms with Crippen LogP contribution in [0.4, 0.5) is 5.69 Å². The molecule has 0 aliphatic rings. The third-order valence-corrected chi connectivity index (χ3v) is 6.09. The van der Waals surface area contributed by atoms with Gasteiger partial charge in [-0.05, 0) is 83.4 Å². The van der Waals surface area contributed by atoms with Crippen LogP contribution in [0.5, 0.6) is 5.75 Å². The van der Waals surface area contributed by atoms with Gasteiger partial charge in [-0.1, -0.05) is 35.4 Å². The van der Waals surface area contributed by atoms with Crippen molar-refractivity contribution in [1.82, 2.24) is 0 Å². The van der Waals surface area contributed by atoms with Crippen LogP contribution in [0.2, 0.25) is 5.02 Å². The molecule has 0 bridgehead atoms. The highest BCUT2D eigenvalue weighted by Gasteiger charge is 2.18. The molecule has 0 unspecified atom stereocenters. The Morgan fingerprint density at radius 1 is 1.00 bits per heavy atom. The Labute approximate surface area is 178 Å². The van der Waals surface area contributed by atoms with Crippen LogP contribution >= 0.6 is 27.5 Å². The highest BCUT2D eigenvalue weighted by Crippen LogP contribution is 2.29. The first-order chi connectivity index (χ1) is 13.2. The molecule has 0 amide bonds. The van der Waals surface area contributed by atoms with Gasteiger partial charge in [-0.15, -0.1) is 0 Å². The smallest absolute Gasteiger partial charge is 0.339 e. The maximum Gasteiger partial charge on any atom is 0.339 e. The van der Waals surface area contributed by atoms with Crippen molar-refractivity contribution < 1.29 is 12.6 Å². The van der Waals surface area contributed by atoms with Gasteiger partial charge in [0.1, 0.15) is 4.90 Å². The molecule has 0 saturated carbocycles. The van der Waals surface area contributed by atoms with E-state index in [1.54, 1.807) is 42.6 Å². The zero-order chi connectivity index (χ0) is 20.3. The highest BCUT2D eigenvalue weighted by molar-refractivity contribution is 9.10. The molecule has 3 aromatic carbocycles. The summed E-state index contributed by atoms with van der Waals surface area (Å²) in [5, 5.41) is 0.615. The second kappa shape index (κ2) is 8.47. The van der Waals surface area contributed by atoms with E-state index in [-0.39, 0.29) is 10.6 Å². The molecule has 0 spiro atoms. The normalized spacial score (nSPS) is 11.7. The highest BCUT2D eigenvalue weighted by atomic mass is 79.9. The van der Waals surface area contributed by atoms with Crippen LogP contribution in [0.25, 0.3) is 0 Å². The number of halogens is 2. The molecular weight excluding hydrogens is 462 g/mol. The summed E-state index contributed by atoms with van der Waals surface area (Å²) in [7, 11) is -3.91. The summed E-state index contributed by atoms with van der Waals surface area (Å²) < 4.78 is 30.7. The van der Waals surface area contributed by atoms with E-state index in [1.165, 1.54) is 12.1 Å². The van der Waals surface area contributed by atoms with E-state index in [0.717, 1.165) is 22.4 Å². The predicted octanol–water partition coefficient (Wildman–Crippen LogP) is 6.24. The van der Waals surface area contributed by atoms with Gasteiger partial charge in [0.25, 0.3) is 0 Å². The van der Waals surface area contributed by atoms with Crippen LogP contribution < -0.4 is 4.18 Å². The molecule has 0 fully saturated rings. The largest absolute Gasteiger partial charge is 0.378 e. The van der Waals surface area contributed by atoms with Crippen molar-refractivity contribution in [3.63, 3.8) is 0 Å². The molecule has 0 atom stereocenters. The lowest BCUT2D eigenvalue weighted by molar-refractivity contribution is 0.484. The van der Waals surface area contributed by atoms with Gasteiger partial charge in [-0.2, -0.15) is 8.42 Å². The third-order valence-electron chi connectivity index (χ3n) is 3.99. The number of aryl methyl sites for hydroxylation is 2. The lowest BCUT2D eigenvalue weighted by Gasteiger charge is -2.09. The SMILES string of the molecule is Cc1ccc(S(=O)(=O)Oc2ccc(C=Nc3cc(Cl)ccc3C)cc2Br)cc1.